The van der Waals surface area contributed by atoms with Crippen LogP contribution >= 0.6 is 0 Å². The molecular weight excluding hydrogens is 340 g/mol. The normalized spacial score (nSPS) is 16.8. The predicted molar refractivity (Wildman–Crippen MR) is 107 cm³/mol. The molecule has 0 aromatic heterocycles. The fourth-order valence-electron chi connectivity index (χ4n) is 3.32. The van der Waals surface area contributed by atoms with Crippen molar-refractivity contribution in [2.75, 3.05) is 23.9 Å². The molecule has 1 aliphatic heterocycles. The van der Waals surface area contributed by atoms with Gasteiger partial charge < -0.3 is 10.0 Å². The Morgan fingerprint density at radius 2 is 1.67 bits per heavy atom. The Morgan fingerprint density at radius 3 is 2.19 bits per heavy atom. The van der Waals surface area contributed by atoms with Crippen LogP contribution in [0, 0.1) is 6.92 Å². The predicted octanol–water partition coefficient (Wildman–Crippen LogP) is 3.94. The van der Waals surface area contributed by atoms with E-state index in [1.54, 1.807) is 6.92 Å². The second-order valence-corrected chi connectivity index (χ2v) is 6.94. The lowest BCUT2D eigenvalue weighted by Crippen LogP contribution is -2.31. The number of aliphatic hydroxyl groups excluding tert-OH is 1. The second kappa shape index (κ2) is 7.27. The van der Waals surface area contributed by atoms with Gasteiger partial charge in [-0.15, -0.1) is 0 Å². The summed E-state index contributed by atoms with van der Waals surface area (Å²) in [6, 6.07) is 14.5. The molecule has 5 nitrogen and oxygen atoms in total. The van der Waals surface area contributed by atoms with Gasteiger partial charge >= 0.3 is 0 Å². The van der Waals surface area contributed by atoms with Crippen molar-refractivity contribution in [1.82, 2.24) is 0 Å². The van der Waals surface area contributed by atoms with E-state index in [-0.39, 0.29) is 17.8 Å². The molecule has 0 spiro atoms. The molecule has 1 heterocycles. The lowest BCUT2D eigenvalue weighted by molar-refractivity contribution is -0.118. The summed E-state index contributed by atoms with van der Waals surface area (Å²) >= 11 is 0. The number of hydrogen-bond acceptors (Lipinski definition) is 4. The van der Waals surface area contributed by atoms with Crippen LogP contribution in [0.25, 0.3) is 0 Å². The Hall–Kier alpha value is -3.08. The molecule has 5 heteroatoms. The highest BCUT2D eigenvalue weighted by Gasteiger charge is 2.43. The summed E-state index contributed by atoms with van der Waals surface area (Å²) in [6.07, 6.45) is 0.223. The van der Waals surface area contributed by atoms with E-state index < -0.39 is 17.7 Å². The molecule has 0 fully saturated rings. The number of aliphatic hydroxyl groups is 1. The van der Waals surface area contributed by atoms with Gasteiger partial charge in [0, 0.05) is 31.9 Å². The van der Waals surface area contributed by atoms with E-state index in [0.717, 1.165) is 16.8 Å². The maximum atomic E-state index is 12.8. The van der Waals surface area contributed by atoms with Crippen LogP contribution in [-0.2, 0) is 9.59 Å². The topological polar surface area (TPSA) is 60.9 Å². The number of carbonyl (C=O) groups is 2. The Bertz CT molecular complexity index is 896. The average molecular weight is 364 g/mol. The summed E-state index contributed by atoms with van der Waals surface area (Å²) in [5, 5.41) is 10.5. The zero-order valence-corrected chi connectivity index (χ0v) is 16.1. The molecule has 1 N–H and O–H groups in total. The first-order valence-corrected chi connectivity index (χ1v) is 8.99. The number of rotatable bonds is 5. The Balaban J connectivity index is 2.13. The average Bonchev–Trinajstić information content (AvgIpc) is 2.93. The Labute approximate surface area is 159 Å². The summed E-state index contributed by atoms with van der Waals surface area (Å²) in [5.41, 5.74) is 3.69. The molecule has 2 aromatic carbocycles. The first-order valence-electron chi connectivity index (χ1n) is 8.99. The number of anilines is 2. The smallest absolute Gasteiger partial charge is 0.294 e. The molecule has 3 rings (SSSR count). The quantitative estimate of drug-likeness (QED) is 0.873. The van der Waals surface area contributed by atoms with Crippen molar-refractivity contribution >= 4 is 23.1 Å². The van der Waals surface area contributed by atoms with Gasteiger partial charge in [0.05, 0.1) is 11.6 Å². The lowest BCUT2D eigenvalue weighted by atomic mass is 9.94. The van der Waals surface area contributed by atoms with Crippen LogP contribution in [0.5, 0.6) is 0 Å². The molecule has 1 atom stereocenters. The third-order valence-corrected chi connectivity index (χ3v) is 4.87. The number of aryl methyl sites for hydroxylation is 1. The highest BCUT2D eigenvalue weighted by atomic mass is 16.3. The summed E-state index contributed by atoms with van der Waals surface area (Å²) in [4.78, 5) is 28.9. The van der Waals surface area contributed by atoms with Crippen molar-refractivity contribution in [2.45, 2.75) is 26.3 Å². The van der Waals surface area contributed by atoms with E-state index in [9.17, 15) is 14.7 Å². The third-order valence-electron chi connectivity index (χ3n) is 4.87. The molecular formula is C22H24N2O3. The fourth-order valence-corrected chi connectivity index (χ4v) is 3.32. The van der Waals surface area contributed by atoms with Gasteiger partial charge in [-0.05, 0) is 36.8 Å². The zero-order valence-electron chi connectivity index (χ0n) is 16.1. The van der Waals surface area contributed by atoms with E-state index in [0.29, 0.717) is 5.69 Å². The fraction of sp³-hybridized carbons (Fsp3) is 0.273. The zero-order chi connectivity index (χ0) is 19.7. The summed E-state index contributed by atoms with van der Waals surface area (Å²) in [7, 11) is 3.90. The van der Waals surface area contributed by atoms with Gasteiger partial charge in [-0.25, -0.2) is 0 Å². The molecule has 1 amide bonds. The van der Waals surface area contributed by atoms with Crippen LogP contribution < -0.4 is 9.80 Å². The molecule has 0 saturated heterocycles. The van der Waals surface area contributed by atoms with Crippen LogP contribution in [0.4, 0.5) is 11.4 Å². The first kappa shape index (κ1) is 18.7. The first-order chi connectivity index (χ1) is 12.8. The number of hydrogen-bond donors (Lipinski definition) is 1. The van der Waals surface area contributed by atoms with Crippen LogP contribution in [0.2, 0.25) is 0 Å². The van der Waals surface area contributed by atoms with Gasteiger partial charge in [-0.2, -0.15) is 0 Å². The van der Waals surface area contributed by atoms with Crippen molar-refractivity contribution in [3.8, 4) is 0 Å². The van der Waals surface area contributed by atoms with E-state index in [1.165, 1.54) is 4.90 Å². The van der Waals surface area contributed by atoms with Crippen molar-refractivity contribution in [3.63, 3.8) is 0 Å². The van der Waals surface area contributed by atoms with Gasteiger partial charge in [0.1, 0.15) is 0 Å². The van der Waals surface area contributed by atoms with Crippen LogP contribution in [0.1, 0.15) is 30.5 Å². The van der Waals surface area contributed by atoms with Crippen molar-refractivity contribution in [1.29, 1.82) is 0 Å². The number of Topliss-reactive ketones (excluding diaryl/α,β-unsaturated/α-hetero) is 1. The van der Waals surface area contributed by atoms with E-state index in [2.05, 4.69) is 0 Å². The molecule has 1 unspecified atom stereocenters. The molecule has 140 valence electrons. The second-order valence-electron chi connectivity index (χ2n) is 6.94. The molecule has 27 heavy (non-hydrogen) atoms. The number of carbonyl (C=O) groups excluding carboxylic acids is 2. The third kappa shape index (κ3) is 3.33. The van der Waals surface area contributed by atoms with Gasteiger partial charge in [0.25, 0.3) is 5.91 Å². The molecule has 0 aliphatic carbocycles. The molecule has 0 bridgehead atoms. The van der Waals surface area contributed by atoms with Crippen molar-refractivity contribution < 1.29 is 14.7 Å². The maximum absolute atomic E-state index is 12.8. The van der Waals surface area contributed by atoms with Crippen LogP contribution in [0.3, 0.4) is 0 Å². The van der Waals surface area contributed by atoms with Gasteiger partial charge in [-0.1, -0.05) is 36.8 Å². The highest BCUT2D eigenvalue weighted by Crippen LogP contribution is 2.41. The monoisotopic (exact) mass is 364 g/mol. The summed E-state index contributed by atoms with van der Waals surface area (Å²) in [5.74, 6) is -1.22. The maximum Gasteiger partial charge on any atom is 0.294 e. The van der Waals surface area contributed by atoms with E-state index >= 15 is 0 Å². The highest BCUT2D eigenvalue weighted by molar-refractivity contribution is 6.16. The standard InChI is InChI=1S/C22H24N2O3/c1-5-18(25)19-20(15-8-12-16(13-9-15)23(3)4)24(22(27)21(19)26)17-10-6-14(2)7-11-17/h6-13,20,26H,5H2,1-4H3. The van der Waals surface area contributed by atoms with Crippen LogP contribution in [0.15, 0.2) is 59.9 Å². The van der Waals surface area contributed by atoms with Gasteiger partial charge in [0.2, 0.25) is 0 Å². The minimum absolute atomic E-state index is 0.167. The lowest BCUT2D eigenvalue weighted by Gasteiger charge is -2.27. The van der Waals surface area contributed by atoms with E-state index in [1.807, 2.05) is 74.4 Å². The number of ketones is 1. The number of amides is 1. The Kier molecular flexibility index (Phi) is 5.04. The van der Waals surface area contributed by atoms with Gasteiger partial charge in [0.15, 0.2) is 11.5 Å². The number of benzene rings is 2. The Morgan fingerprint density at radius 1 is 1.07 bits per heavy atom. The minimum Gasteiger partial charge on any atom is -0.503 e. The molecule has 0 saturated carbocycles. The minimum atomic E-state index is -0.635. The molecule has 1 aliphatic rings. The SMILES string of the molecule is CCC(=O)C1=C(O)C(=O)N(c2ccc(C)cc2)C1c1ccc(N(C)C)cc1. The summed E-state index contributed by atoms with van der Waals surface area (Å²) < 4.78 is 0. The van der Waals surface area contributed by atoms with Crippen molar-refractivity contribution in [2.24, 2.45) is 0 Å². The summed E-state index contributed by atoms with van der Waals surface area (Å²) in [6.45, 7) is 3.70. The van der Waals surface area contributed by atoms with Crippen molar-refractivity contribution in [3.05, 3.63) is 71.0 Å². The number of nitrogens with zero attached hydrogens (tertiary/aromatic N) is 2. The largest absolute Gasteiger partial charge is 0.503 e. The van der Waals surface area contributed by atoms with Gasteiger partial charge in [-0.3, -0.25) is 14.5 Å². The molecule has 0 radical (unpaired) electrons. The molecule has 2 aromatic rings. The van der Waals surface area contributed by atoms with Crippen LogP contribution in [-0.4, -0.2) is 30.9 Å². The van der Waals surface area contributed by atoms with E-state index in [4.69, 9.17) is 0 Å².